The van der Waals surface area contributed by atoms with Gasteiger partial charge >= 0.3 is 0 Å². The van der Waals surface area contributed by atoms with Crippen LogP contribution in [0.4, 0.5) is 5.82 Å². The van der Waals surface area contributed by atoms with Crippen molar-refractivity contribution in [2.24, 2.45) is 0 Å². The third-order valence-electron chi connectivity index (χ3n) is 2.98. The Morgan fingerprint density at radius 3 is 3.06 bits per heavy atom. The second kappa shape index (κ2) is 5.14. The van der Waals surface area contributed by atoms with Gasteiger partial charge in [0.05, 0.1) is 17.7 Å². The Morgan fingerprint density at radius 1 is 1.59 bits per heavy atom. The standard InChI is InChI=1S/C12H17N3O2/c1-8-10(5-7-17-8)15-12(16)9-4-3-6-14-11(9)13-2/h3-4,6,8,10H,5,7H2,1-2H3,(H,13,14)(H,15,16). The molecule has 5 heteroatoms. The monoisotopic (exact) mass is 235 g/mol. The van der Waals surface area contributed by atoms with Crippen LogP contribution in [0.1, 0.15) is 23.7 Å². The molecular weight excluding hydrogens is 218 g/mol. The van der Waals surface area contributed by atoms with Crippen LogP contribution in [0, 0.1) is 0 Å². The Bertz CT molecular complexity index is 408. The van der Waals surface area contributed by atoms with Gasteiger partial charge in [0.25, 0.3) is 5.91 Å². The molecule has 0 spiro atoms. The summed E-state index contributed by atoms with van der Waals surface area (Å²) in [6.07, 6.45) is 2.60. The van der Waals surface area contributed by atoms with Crippen LogP contribution in [-0.4, -0.2) is 36.7 Å². The van der Waals surface area contributed by atoms with Crippen molar-refractivity contribution in [3.8, 4) is 0 Å². The number of nitrogens with zero attached hydrogens (tertiary/aromatic N) is 1. The van der Waals surface area contributed by atoms with E-state index in [0.717, 1.165) is 6.42 Å². The molecule has 92 valence electrons. The Hall–Kier alpha value is -1.62. The van der Waals surface area contributed by atoms with Crippen molar-refractivity contribution < 1.29 is 9.53 Å². The Morgan fingerprint density at radius 2 is 2.41 bits per heavy atom. The second-order valence-corrected chi connectivity index (χ2v) is 4.09. The molecule has 1 amide bonds. The predicted molar refractivity (Wildman–Crippen MR) is 65.1 cm³/mol. The Balaban J connectivity index is 2.09. The fraction of sp³-hybridized carbons (Fsp3) is 0.500. The molecule has 5 nitrogen and oxygen atoms in total. The van der Waals surface area contributed by atoms with Crippen molar-refractivity contribution >= 4 is 11.7 Å². The predicted octanol–water partition coefficient (Wildman–Crippen LogP) is 1.03. The van der Waals surface area contributed by atoms with Crippen LogP contribution in [0.25, 0.3) is 0 Å². The molecule has 0 aliphatic carbocycles. The van der Waals surface area contributed by atoms with E-state index < -0.39 is 0 Å². The number of ether oxygens (including phenoxy) is 1. The third-order valence-corrected chi connectivity index (χ3v) is 2.98. The summed E-state index contributed by atoms with van der Waals surface area (Å²) >= 11 is 0. The number of nitrogens with one attached hydrogen (secondary N) is 2. The van der Waals surface area contributed by atoms with E-state index in [1.165, 1.54) is 0 Å². The van der Waals surface area contributed by atoms with E-state index in [2.05, 4.69) is 15.6 Å². The number of carbonyl (C=O) groups is 1. The van der Waals surface area contributed by atoms with E-state index in [-0.39, 0.29) is 18.1 Å². The first-order valence-corrected chi connectivity index (χ1v) is 5.77. The van der Waals surface area contributed by atoms with E-state index in [1.54, 1.807) is 25.4 Å². The minimum absolute atomic E-state index is 0.0775. The quantitative estimate of drug-likeness (QED) is 0.821. The number of anilines is 1. The topological polar surface area (TPSA) is 63.2 Å². The highest BCUT2D eigenvalue weighted by Gasteiger charge is 2.26. The maximum absolute atomic E-state index is 12.1. The van der Waals surface area contributed by atoms with E-state index in [1.807, 2.05) is 6.92 Å². The molecule has 1 aliphatic heterocycles. The van der Waals surface area contributed by atoms with E-state index in [4.69, 9.17) is 4.74 Å². The largest absolute Gasteiger partial charge is 0.376 e. The van der Waals surface area contributed by atoms with Crippen molar-refractivity contribution in [1.29, 1.82) is 0 Å². The van der Waals surface area contributed by atoms with Gasteiger partial charge < -0.3 is 15.4 Å². The fourth-order valence-corrected chi connectivity index (χ4v) is 1.96. The molecule has 0 bridgehead atoms. The summed E-state index contributed by atoms with van der Waals surface area (Å²) in [5.41, 5.74) is 0.564. The fourth-order valence-electron chi connectivity index (χ4n) is 1.96. The highest BCUT2D eigenvalue weighted by atomic mass is 16.5. The molecule has 0 radical (unpaired) electrons. The summed E-state index contributed by atoms with van der Waals surface area (Å²) in [4.78, 5) is 16.2. The third kappa shape index (κ3) is 2.55. The SMILES string of the molecule is CNc1ncccc1C(=O)NC1CCOC1C. The average molecular weight is 235 g/mol. The molecule has 2 unspecified atom stereocenters. The van der Waals surface area contributed by atoms with Crippen molar-refractivity contribution in [2.75, 3.05) is 19.0 Å². The molecule has 0 aromatic carbocycles. The molecule has 1 aromatic heterocycles. The van der Waals surface area contributed by atoms with Crippen molar-refractivity contribution in [3.05, 3.63) is 23.9 Å². The number of hydrogen-bond donors (Lipinski definition) is 2. The highest BCUT2D eigenvalue weighted by molar-refractivity contribution is 5.98. The molecule has 1 saturated heterocycles. The number of aromatic nitrogens is 1. The van der Waals surface area contributed by atoms with Gasteiger partial charge in [-0.2, -0.15) is 0 Å². The number of rotatable bonds is 3. The van der Waals surface area contributed by atoms with Crippen LogP contribution in [0.3, 0.4) is 0 Å². The zero-order valence-corrected chi connectivity index (χ0v) is 10.1. The van der Waals surface area contributed by atoms with Gasteiger partial charge in [-0.3, -0.25) is 4.79 Å². The second-order valence-electron chi connectivity index (χ2n) is 4.09. The van der Waals surface area contributed by atoms with E-state index >= 15 is 0 Å². The summed E-state index contributed by atoms with van der Waals surface area (Å²) < 4.78 is 5.41. The van der Waals surface area contributed by atoms with Gasteiger partial charge in [0.2, 0.25) is 0 Å². The molecule has 2 heterocycles. The molecule has 1 aliphatic rings. The van der Waals surface area contributed by atoms with Gasteiger partial charge in [-0.15, -0.1) is 0 Å². The molecule has 2 atom stereocenters. The van der Waals surface area contributed by atoms with Crippen LogP contribution < -0.4 is 10.6 Å². The number of amides is 1. The first-order valence-electron chi connectivity index (χ1n) is 5.77. The maximum atomic E-state index is 12.1. The zero-order chi connectivity index (χ0) is 12.3. The lowest BCUT2D eigenvalue weighted by molar-refractivity contribution is 0.0866. The van der Waals surface area contributed by atoms with Gasteiger partial charge in [-0.25, -0.2) is 4.98 Å². The Kier molecular flexibility index (Phi) is 3.58. The first kappa shape index (κ1) is 11.9. The summed E-state index contributed by atoms with van der Waals surface area (Å²) in [6.45, 7) is 2.68. The van der Waals surface area contributed by atoms with Gasteiger partial charge in [0, 0.05) is 19.9 Å². The van der Waals surface area contributed by atoms with E-state index in [9.17, 15) is 4.79 Å². The minimum Gasteiger partial charge on any atom is -0.376 e. The van der Waals surface area contributed by atoms with Crippen molar-refractivity contribution in [2.45, 2.75) is 25.5 Å². The zero-order valence-electron chi connectivity index (χ0n) is 10.1. The van der Waals surface area contributed by atoms with E-state index in [0.29, 0.717) is 18.0 Å². The molecule has 2 rings (SSSR count). The van der Waals surface area contributed by atoms with Crippen molar-refractivity contribution in [3.63, 3.8) is 0 Å². The Labute approximate surface area is 101 Å². The van der Waals surface area contributed by atoms with Crippen LogP contribution >= 0.6 is 0 Å². The van der Waals surface area contributed by atoms with Gasteiger partial charge in [0.15, 0.2) is 0 Å². The average Bonchev–Trinajstić information content (AvgIpc) is 2.75. The molecule has 0 saturated carbocycles. The lowest BCUT2D eigenvalue weighted by Gasteiger charge is -2.16. The van der Waals surface area contributed by atoms with Crippen LogP contribution in [0.5, 0.6) is 0 Å². The number of carbonyl (C=O) groups excluding carboxylic acids is 1. The summed E-state index contributed by atoms with van der Waals surface area (Å²) in [7, 11) is 1.75. The number of hydrogen-bond acceptors (Lipinski definition) is 4. The van der Waals surface area contributed by atoms with Crippen molar-refractivity contribution in [1.82, 2.24) is 10.3 Å². The first-order chi connectivity index (χ1) is 8.22. The highest BCUT2D eigenvalue weighted by Crippen LogP contribution is 2.15. The van der Waals surface area contributed by atoms with Crippen LogP contribution in [0.2, 0.25) is 0 Å². The smallest absolute Gasteiger partial charge is 0.255 e. The lowest BCUT2D eigenvalue weighted by Crippen LogP contribution is -2.39. The minimum atomic E-state index is -0.107. The maximum Gasteiger partial charge on any atom is 0.255 e. The molecule has 1 aromatic rings. The molecular formula is C12H17N3O2. The van der Waals surface area contributed by atoms with Gasteiger partial charge in [0.1, 0.15) is 5.82 Å². The normalized spacial score (nSPS) is 23.4. The summed E-state index contributed by atoms with van der Waals surface area (Å²) in [5, 5.41) is 5.89. The lowest BCUT2D eigenvalue weighted by atomic mass is 10.1. The summed E-state index contributed by atoms with van der Waals surface area (Å²) in [6, 6.07) is 3.60. The van der Waals surface area contributed by atoms with Gasteiger partial charge in [-0.05, 0) is 25.5 Å². The number of pyridine rings is 1. The van der Waals surface area contributed by atoms with Gasteiger partial charge in [-0.1, -0.05) is 0 Å². The summed E-state index contributed by atoms with van der Waals surface area (Å²) in [5.74, 6) is 0.487. The molecule has 2 N–H and O–H groups in total. The molecule has 17 heavy (non-hydrogen) atoms. The van der Waals surface area contributed by atoms with Crippen LogP contribution in [0.15, 0.2) is 18.3 Å². The van der Waals surface area contributed by atoms with Crippen LogP contribution in [-0.2, 0) is 4.74 Å². The molecule has 1 fully saturated rings.